The number of hydrogen-bond donors (Lipinski definition) is 0. The molecule has 8 heteroatoms. The standard InChI is InChI=1S/C22H16N2O4S2/c1-13-4-3-5-15(10-13)23-21(25)20(30-22(23)29)12-17-7-9-19(28-17)18-8-6-16(24(26)27)11-14(18)2/h3-12H,1-2H3/b20-12+. The van der Waals surface area contributed by atoms with E-state index in [4.69, 9.17) is 16.6 Å². The van der Waals surface area contributed by atoms with Crippen LogP contribution in [0.5, 0.6) is 0 Å². The molecule has 0 spiro atoms. The molecule has 0 aliphatic carbocycles. The third kappa shape index (κ3) is 3.79. The first-order valence-corrected chi connectivity index (χ1v) is 10.3. The molecule has 6 nitrogen and oxygen atoms in total. The van der Waals surface area contributed by atoms with Crippen LogP contribution in [0.4, 0.5) is 11.4 Å². The summed E-state index contributed by atoms with van der Waals surface area (Å²) >= 11 is 6.63. The van der Waals surface area contributed by atoms with Crippen LogP contribution in [0.1, 0.15) is 16.9 Å². The largest absolute Gasteiger partial charge is 0.457 e. The quantitative estimate of drug-likeness (QED) is 0.220. The van der Waals surface area contributed by atoms with Gasteiger partial charge in [-0.2, -0.15) is 0 Å². The second kappa shape index (κ2) is 7.89. The third-order valence-corrected chi connectivity index (χ3v) is 5.94. The van der Waals surface area contributed by atoms with Gasteiger partial charge in [-0.15, -0.1) is 0 Å². The van der Waals surface area contributed by atoms with Gasteiger partial charge in [-0.3, -0.25) is 19.8 Å². The molecule has 1 saturated heterocycles. The lowest BCUT2D eigenvalue weighted by Crippen LogP contribution is -2.27. The number of nitro benzene ring substituents is 1. The van der Waals surface area contributed by atoms with Gasteiger partial charge >= 0.3 is 0 Å². The highest BCUT2D eigenvalue weighted by atomic mass is 32.2. The van der Waals surface area contributed by atoms with E-state index in [1.54, 1.807) is 31.2 Å². The second-order valence-electron chi connectivity index (χ2n) is 6.81. The first-order chi connectivity index (χ1) is 14.3. The van der Waals surface area contributed by atoms with Gasteiger partial charge in [0.2, 0.25) is 0 Å². The maximum atomic E-state index is 12.9. The Morgan fingerprint density at radius 1 is 1.13 bits per heavy atom. The van der Waals surface area contributed by atoms with E-state index in [0.717, 1.165) is 22.4 Å². The van der Waals surface area contributed by atoms with Crippen LogP contribution in [-0.2, 0) is 4.79 Å². The van der Waals surface area contributed by atoms with E-state index in [1.807, 2.05) is 31.2 Å². The molecule has 0 radical (unpaired) electrons. The van der Waals surface area contributed by atoms with E-state index >= 15 is 0 Å². The predicted octanol–water partition coefficient (Wildman–Crippen LogP) is 5.88. The van der Waals surface area contributed by atoms with Gasteiger partial charge in [-0.05, 0) is 55.3 Å². The molecule has 2 heterocycles. The summed E-state index contributed by atoms with van der Waals surface area (Å²) in [5.74, 6) is 0.885. The van der Waals surface area contributed by atoms with Crippen molar-refractivity contribution in [1.29, 1.82) is 0 Å². The zero-order valence-electron chi connectivity index (χ0n) is 16.1. The van der Waals surface area contributed by atoms with E-state index in [-0.39, 0.29) is 11.6 Å². The Morgan fingerprint density at radius 2 is 1.93 bits per heavy atom. The minimum atomic E-state index is -0.430. The molecule has 150 valence electrons. The summed E-state index contributed by atoms with van der Waals surface area (Å²) in [5, 5.41) is 10.9. The monoisotopic (exact) mass is 436 g/mol. The lowest BCUT2D eigenvalue weighted by atomic mass is 10.1. The van der Waals surface area contributed by atoms with Crippen LogP contribution in [0.15, 0.2) is 63.9 Å². The Balaban J connectivity index is 1.61. The topological polar surface area (TPSA) is 76.6 Å². The number of non-ortho nitro benzene ring substituents is 1. The number of furan rings is 1. The van der Waals surface area contributed by atoms with Crippen LogP contribution in [0.25, 0.3) is 17.4 Å². The van der Waals surface area contributed by atoms with Crippen molar-refractivity contribution in [2.45, 2.75) is 13.8 Å². The van der Waals surface area contributed by atoms with Gasteiger partial charge in [0.1, 0.15) is 11.5 Å². The smallest absolute Gasteiger partial charge is 0.270 e. The Kier molecular flexibility index (Phi) is 5.27. The number of carbonyl (C=O) groups is 1. The number of anilines is 1. The number of thioether (sulfide) groups is 1. The number of amides is 1. The van der Waals surface area contributed by atoms with E-state index in [9.17, 15) is 14.9 Å². The van der Waals surface area contributed by atoms with Gasteiger partial charge in [0.05, 0.1) is 15.5 Å². The molecule has 4 rings (SSSR count). The Bertz CT molecular complexity index is 1230. The Morgan fingerprint density at radius 3 is 2.63 bits per heavy atom. The van der Waals surface area contributed by atoms with E-state index < -0.39 is 4.92 Å². The molecular weight excluding hydrogens is 420 g/mol. The van der Waals surface area contributed by atoms with Crippen molar-refractivity contribution >= 4 is 51.7 Å². The van der Waals surface area contributed by atoms with Gasteiger partial charge in [0.15, 0.2) is 4.32 Å². The predicted molar refractivity (Wildman–Crippen MR) is 122 cm³/mol. The number of nitro groups is 1. The molecule has 0 bridgehead atoms. The van der Waals surface area contributed by atoms with Crippen LogP contribution >= 0.6 is 24.0 Å². The molecule has 1 aliphatic rings. The number of hydrogen-bond acceptors (Lipinski definition) is 6. The second-order valence-corrected chi connectivity index (χ2v) is 8.49. The highest BCUT2D eigenvalue weighted by Gasteiger charge is 2.33. The van der Waals surface area contributed by atoms with Crippen molar-refractivity contribution in [2.75, 3.05) is 4.90 Å². The molecule has 0 saturated carbocycles. The van der Waals surface area contributed by atoms with Gasteiger partial charge in [-0.25, -0.2) is 0 Å². The molecule has 1 aromatic heterocycles. The average molecular weight is 437 g/mol. The molecule has 1 fully saturated rings. The molecular formula is C22H16N2O4S2. The van der Waals surface area contributed by atoms with Crippen LogP contribution in [0.3, 0.4) is 0 Å². The Hall–Kier alpha value is -3.23. The molecule has 1 amide bonds. The summed E-state index contributed by atoms with van der Waals surface area (Å²) in [7, 11) is 0. The lowest BCUT2D eigenvalue weighted by molar-refractivity contribution is -0.384. The average Bonchev–Trinajstić information content (AvgIpc) is 3.26. The summed E-state index contributed by atoms with van der Waals surface area (Å²) < 4.78 is 6.35. The van der Waals surface area contributed by atoms with Crippen LogP contribution in [0.2, 0.25) is 0 Å². The summed E-state index contributed by atoms with van der Waals surface area (Å²) in [5.41, 5.74) is 3.30. The molecule has 0 N–H and O–H groups in total. The highest BCUT2D eigenvalue weighted by molar-refractivity contribution is 8.27. The number of aryl methyl sites for hydroxylation is 2. The normalized spacial score (nSPS) is 15.3. The third-order valence-electron chi connectivity index (χ3n) is 4.64. The lowest BCUT2D eigenvalue weighted by Gasteiger charge is -2.14. The number of benzene rings is 2. The van der Waals surface area contributed by atoms with Gasteiger partial charge in [0, 0.05) is 23.8 Å². The fourth-order valence-corrected chi connectivity index (χ4v) is 4.48. The van der Waals surface area contributed by atoms with Crippen molar-refractivity contribution in [3.05, 3.63) is 86.5 Å². The van der Waals surface area contributed by atoms with E-state index in [0.29, 0.717) is 20.7 Å². The zero-order chi connectivity index (χ0) is 21.4. The Labute approximate surface area is 182 Å². The zero-order valence-corrected chi connectivity index (χ0v) is 17.8. The van der Waals surface area contributed by atoms with Gasteiger partial charge < -0.3 is 4.42 Å². The minimum absolute atomic E-state index is 0.0304. The first kappa shape index (κ1) is 20.1. The molecule has 1 aliphatic heterocycles. The molecule has 0 unspecified atom stereocenters. The number of nitrogens with zero attached hydrogens (tertiary/aromatic N) is 2. The van der Waals surface area contributed by atoms with Crippen molar-refractivity contribution in [1.82, 2.24) is 0 Å². The maximum Gasteiger partial charge on any atom is 0.270 e. The van der Waals surface area contributed by atoms with Crippen molar-refractivity contribution in [2.24, 2.45) is 0 Å². The molecule has 2 aromatic carbocycles. The number of carbonyl (C=O) groups excluding carboxylic acids is 1. The molecule has 3 aromatic rings. The number of thiocarbonyl (C=S) groups is 1. The number of rotatable bonds is 4. The molecule has 0 atom stereocenters. The van der Waals surface area contributed by atoms with Crippen molar-refractivity contribution < 1.29 is 14.1 Å². The summed E-state index contributed by atoms with van der Waals surface area (Å²) in [6, 6.07) is 15.8. The SMILES string of the molecule is Cc1cccc(N2C(=O)/C(=C\c3ccc(-c4ccc([N+](=O)[O-])cc4C)o3)SC2=S)c1. The van der Waals surface area contributed by atoms with Crippen molar-refractivity contribution in [3.63, 3.8) is 0 Å². The van der Waals surface area contributed by atoms with Gasteiger partial charge in [0.25, 0.3) is 11.6 Å². The van der Waals surface area contributed by atoms with Gasteiger partial charge in [-0.1, -0.05) is 36.1 Å². The summed E-state index contributed by atoms with van der Waals surface area (Å²) in [6.45, 7) is 3.75. The van der Waals surface area contributed by atoms with Crippen LogP contribution < -0.4 is 4.90 Å². The van der Waals surface area contributed by atoms with Crippen LogP contribution in [-0.4, -0.2) is 15.2 Å². The fourth-order valence-electron chi connectivity index (χ4n) is 3.20. The first-order valence-electron chi connectivity index (χ1n) is 9.03. The highest BCUT2D eigenvalue weighted by Crippen LogP contribution is 2.37. The maximum absolute atomic E-state index is 12.9. The summed E-state index contributed by atoms with van der Waals surface area (Å²) in [4.78, 5) is 25.4. The fraction of sp³-hybridized carbons (Fsp3) is 0.0909. The molecule has 30 heavy (non-hydrogen) atoms. The summed E-state index contributed by atoms with van der Waals surface area (Å²) in [6.07, 6.45) is 1.67. The van der Waals surface area contributed by atoms with E-state index in [1.165, 1.54) is 28.8 Å². The van der Waals surface area contributed by atoms with Crippen LogP contribution in [0, 0.1) is 24.0 Å². The minimum Gasteiger partial charge on any atom is -0.457 e. The van der Waals surface area contributed by atoms with E-state index in [2.05, 4.69) is 0 Å². The van der Waals surface area contributed by atoms with Crippen molar-refractivity contribution in [3.8, 4) is 11.3 Å².